The molecule has 2 aromatic carbocycles. The highest BCUT2D eigenvalue weighted by molar-refractivity contribution is 7.05. The van der Waals surface area contributed by atoms with Gasteiger partial charge in [0.15, 0.2) is 0 Å². The summed E-state index contributed by atoms with van der Waals surface area (Å²) in [6.07, 6.45) is 7.80. The monoisotopic (exact) mass is 721 g/mol. The maximum atomic E-state index is 12.7. The SMILES string of the molecule is CO.Cc1nsc(C(CCCCCC#N)C(=O)Nc2ccccc2)n1.Cc1nsc(C(CCCCCC(N)=NO)C(=O)Nc2ccccc2)n1. The van der Waals surface area contributed by atoms with Gasteiger partial charge in [0.2, 0.25) is 11.8 Å². The number of amidine groups is 1. The summed E-state index contributed by atoms with van der Waals surface area (Å²) in [5.74, 6) is 0.889. The van der Waals surface area contributed by atoms with Gasteiger partial charge in [-0.3, -0.25) is 9.59 Å². The fourth-order valence-corrected chi connectivity index (χ4v) is 6.34. The van der Waals surface area contributed by atoms with Gasteiger partial charge in [-0.15, -0.1) is 0 Å². The second-order valence-corrected chi connectivity index (χ2v) is 12.7. The molecule has 268 valence electrons. The Labute approximate surface area is 302 Å². The quantitative estimate of drug-likeness (QED) is 0.0250. The summed E-state index contributed by atoms with van der Waals surface area (Å²) < 4.78 is 8.39. The number of aliphatic hydroxyl groups is 1. The van der Waals surface area contributed by atoms with Crippen LogP contribution in [0.5, 0.6) is 0 Å². The highest BCUT2D eigenvalue weighted by Gasteiger charge is 2.25. The lowest BCUT2D eigenvalue weighted by Crippen LogP contribution is -2.21. The molecule has 0 bridgehead atoms. The van der Waals surface area contributed by atoms with Crippen molar-refractivity contribution < 1.29 is 19.9 Å². The van der Waals surface area contributed by atoms with Gasteiger partial charge in [-0.05, 0) is 86.9 Å². The number of oxime groups is 1. The number of amides is 2. The number of aliphatic hydroxyl groups excluding tert-OH is 1. The third-order valence-electron chi connectivity index (χ3n) is 7.23. The molecule has 15 heteroatoms. The van der Waals surface area contributed by atoms with Gasteiger partial charge in [0.05, 0.1) is 17.9 Å². The molecule has 2 atom stereocenters. The number of hydrogen-bond donors (Lipinski definition) is 5. The van der Waals surface area contributed by atoms with E-state index in [-0.39, 0.29) is 29.5 Å². The molecule has 4 rings (SSSR count). The van der Waals surface area contributed by atoms with Gasteiger partial charge in [0.25, 0.3) is 0 Å². The predicted molar refractivity (Wildman–Crippen MR) is 198 cm³/mol. The van der Waals surface area contributed by atoms with Crippen LogP contribution in [0.4, 0.5) is 11.4 Å². The van der Waals surface area contributed by atoms with E-state index in [9.17, 15) is 9.59 Å². The number of carbonyl (C=O) groups excluding carboxylic acids is 2. The van der Waals surface area contributed by atoms with Gasteiger partial charge in [0, 0.05) is 31.3 Å². The van der Waals surface area contributed by atoms with Crippen molar-refractivity contribution >= 4 is 52.1 Å². The van der Waals surface area contributed by atoms with Crippen molar-refractivity contribution in [3.8, 4) is 6.07 Å². The third-order valence-corrected chi connectivity index (χ3v) is 9.07. The van der Waals surface area contributed by atoms with Crippen LogP contribution >= 0.6 is 23.1 Å². The number of carbonyl (C=O) groups is 2. The molecule has 0 spiro atoms. The average molecular weight is 722 g/mol. The number of hydrogen-bond acceptors (Lipinski definition) is 12. The molecule has 0 radical (unpaired) electrons. The summed E-state index contributed by atoms with van der Waals surface area (Å²) in [5.41, 5.74) is 7.02. The summed E-state index contributed by atoms with van der Waals surface area (Å²) in [6.45, 7) is 3.66. The number of aryl methyl sites for hydroxylation is 2. The van der Waals surface area contributed by atoms with E-state index in [1.165, 1.54) is 23.1 Å². The van der Waals surface area contributed by atoms with Crippen molar-refractivity contribution in [1.29, 1.82) is 5.26 Å². The van der Waals surface area contributed by atoms with E-state index in [4.69, 9.17) is 21.3 Å². The van der Waals surface area contributed by atoms with E-state index in [0.29, 0.717) is 30.9 Å². The van der Waals surface area contributed by atoms with E-state index in [1.54, 1.807) is 0 Å². The maximum absolute atomic E-state index is 12.7. The van der Waals surface area contributed by atoms with Crippen molar-refractivity contribution in [2.45, 2.75) is 89.9 Å². The molecular weight excluding hydrogens is 675 g/mol. The molecule has 0 aliphatic rings. The van der Waals surface area contributed by atoms with Crippen molar-refractivity contribution in [1.82, 2.24) is 18.7 Å². The highest BCUT2D eigenvalue weighted by Crippen LogP contribution is 2.27. The fraction of sp³-hybridized carbons (Fsp3) is 0.429. The van der Waals surface area contributed by atoms with Crippen molar-refractivity contribution in [3.05, 3.63) is 82.3 Å². The van der Waals surface area contributed by atoms with Crippen molar-refractivity contribution in [3.63, 3.8) is 0 Å². The van der Waals surface area contributed by atoms with Crippen LogP contribution in [0, 0.1) is 25.2 Å². The van der Waals surface area contributed by atoms with Crippen LogP contribution in [-0.2, 0) is 9.59 Å². The Kier molecular flexibility index (Phi) is 20.2. The number of anilines is 2. The van der Waals surface area contributed by atoms with Crippen LogP contribution in [-0.4, -0.2) is 53.8 Å². The lowest BCUT2D eigenvalue weighted by atomic mass is 10.00. The minimum atomic E-state index is -0.324. The van der Waals surface area contributed by atoms with Crippen LogP contribution in [0.25, 0.3) is 0 Å². The first-order valence-electron chi connectivity index (χ1n) is 16.4. The van der Waals surface area contributed by atoms with Crippen molar-refractivity contribution in [2.75, 3.05) is 17.7 Å². The summed E-state index contributed by atoms with van der Waals surface area (Å²) in [6, 6.07) is 21.0. The molecule has 2 heterocycles. The number of nitrogens with one attached hydrogen (secondary N) is 2. The second kappa shape index (κ2) is 24.4. The van der Waals surface area contributed by atoms with Gasteiger partial charge < -0.3 is 26.7 Å². The number of nitriles is 1. The zero-order valence-electron chi connectivity index (χ0n) is 28.8. The number of aromatic nitrogens is 4. The normalized spacial score (nSPS) is 11.9. The minimum Gasteiger partial charge on any atom is -0.409 e. The number of nitrogens with two attached hydrogens (primary N) is 1. The molecular formula is C35H47N9O4S2. The van der Waals surface area contributed by atoms with E-state index in [0.717, 1.165) is 73.4 Å². The number of unbranched alkanes of at least 4 members (excludes halogenated alkanes) is 5. The number of rotatable bonds is 17. The fourth-order valence-electron chi connectivity index (χ4n) is 4.76. The Morgan fingerprint density at radius 2 is 1.22 bits per heavy atom. The molecule has 13 nitrogen and oxygen atoms in total. The van der Waals surface area contributed by atoms with Crippen LogP contribution in [0.15, 0.2) is 65.8 Å². The van der Waals surface area contributed by atoms with Gasteiger partial charge in [-0.25, -0.2) is 9.97 Å². The molecule has 0 saturated heterocycles. The Morgan fingerprint density at radius 3 is 1.60 bits per heavy atom. The predicted octanol–water partition coefficient (Wildman–Crippen LogP) is 6.92. The summed E-state index contributed by atoms with van der Waals surface area (Å²) in [7, 11) is 1.00. The van der Waals surface area contributed by atoms with E-state index in [2.05, 4.69) is 40.6 Å². The standard InChI is InChI=1S/C17H23N5O2S.C17H20N4OS.CH4O/c1-12-19-17(25-22-12)14(10-6-3-7-11-15(18)21-24)16(23)20-13-8-4-2-5-9-13;1-13-19-17(23-21-13)15(11-7-2-3-8-12-18)16(22)20-14-9-5-4-6-10-14;1-2/h2,4-5,8-9,14,24H,3,6-7,10-11H2,1H3,(H2,18,21)(H,20,23);4-6,9-10,15H,2-3,7-8,11H2,1H3,(H,20,22);2H,1H3. The van der Waals surface area contributed by atoms with Gasteiger partial charge in [-0.1, -0.05) is 67.2 Å². The zero-order chi connectivity index (χ0) is 36.6. The minimum absolute atomic E-state index is 0.0485. The largest absolute Gasteiger partial charge is 0.409 e. The van der Waals surface area contributed by atoms with Crippen LogP contribution < -0.4 is 16.4 Å². The van der Waals surface area contributed by atoms with Gasteiger partial charge in [-0.2, -0.15) is 14.0 Å². The molecule has 0 fully saturated rings. The third kappa shape index (κ3) is 15.6. The summed E-state index contributed by atoms with van der Waals surface area (Å²) in [5, 5.41) is 34.5. The maximum Gasteiger partial charge on any atom is 0.234 e. The first kappa shape index (κ1) is 41.4. The molecule has 4 aromatic rings. The van der Waals surface area contributed by atoms with Crippen LogP contribution in [0.3, 0.4) is 0 Å². The Hall–Kier alpha value is -4.78. The van der Waals surface area contributed by atoms with E-state index in [1.807, 2.05) is 74.5 Å². The molecule has 6 N–H and O–H groups in total. The lowest BCUT2D eigenvalue weighted by molar-refractivity contribution is -0.118. The van der Waals surface area contributed by atoms with Crippen LogP contribution in [0.2, 0.25) is 0 Å². The smallest absolute Gasteiger partial charge is 0.234 e. The Bertz CT molecular complexity index is 1610. The molecule has 2 aromatic heterocycles. The van der Waals surface area contributed by atoms with E-state index < -0.39 is 0 Å². The zero-order valence-corrected chi connectivity index (χ0v) is 30.4. The summed E-state index contributed by atoms with van der Waals surface area (Å²) >= 11 is 2.57. The molecule has 2 unspecified atom stereocenters. The van der Waals surface area contributed by atoms with E-state index >= 15 is 0 Å². The van der Waals surface area contributed by atoms with Gasteiger partial charge >= 0.3 is 0 Å². The number of nitrogens with zero attached hydrogens (tertiary/aromatic N) is 6. The van der Waals surface area contributed by atoms with Crippen LogP contribution in [0.1, 0.15) is 97.7 Å². The summed E-state index contributed by atoms with van der Waals surface area (Å²) in [4.78, 5) is 34.1. The number of benzene rings is 2. The number of para-hydroxylation sites is 2. The first-order valence-corrected chi connectivity index (χ1v) is 18.0. The average Bonchev–Trinajstić information content (AvgIpc) is 3.77. The lowest BCUT2D eigenvalue weighted by Gasteiger charge is -2.14. The molecule has 0 aliphatic carbocycles. The molecule has 50 heavy (non-hydrogen) atoms. The highest BCUT2D eigenvalue weighted by atomic mass is 32.1. The van der Waals surface area contributed by atoms with Crippen molar-refractivity contribution in [2.24, 2.45) is 10.9 Å². The van der Waals surface area contributed by atoms with Gasteiger partial charge in [0.1, 0.15) is 27.5 Å². The molecule has 2 amide bonds. The molecule has 0 saturated carbocycles. The Morgan fingerprint density at radius 1 is 0.780 bits per heavy atom. The molecule has 0 aliphatic heterocycles. The first-order chi connectivity index (χ1) is 24.3. The Balaban J connectivity index is 0.000000331. The second-order valence-electron chi connectivity index (χ2n) is 11.1. The topological polar surface area (TPSA) is 212 Å².